The van der Waals surface area contributed by atoms with Gasteiger partial charge in [0.2, 0.25) is 10.0 Å². The molecule has 0 radical (unpaired) electrons. The summed E-state index contributed by atoms with van der Waals surface area (Å²) in [6, 6.07) is 7.45. The lowest BCUT2D eigenvalue weighted by Gasteiger charge is -2.37. The van der Waals surface area contributed by atoms with Crippen molar-refractivity contribution in [3.05, 3.63) is 35.4 Å². The molecule has 0 aromatic heterocycles. The van der Waals surface area contributed by atoms with Gasteiger partial charge in [0.05, 0.1) is 19.0 Å². The van der Waals surface area contributed by atoms with Gasteiger partial charge in [-0.25, -0.2) is 8.42 Å². The highest BCUT2D eigenvalue weighted by molar-refractivity contribution is 7.88. The van der Waals surface area contributed by atoms with Crippen molar-refractivity contribution in [1.82, 2.24) is 4.31 Å². The number of ether oxygens (including phenoxy) is 1. The molecule has 2 rings (SSSR count). The molecule has 1 heterocycles. The highest BCUT2D eigenvalue weighted by atomic mass is 32.2. The fourth-order valence-electron chi connectivity index (χ4n) is 2.63. The van der Waals surface area contributed by atoms with E-state index in [2.05, 4.69) is 0 Å². The predicted octanol–water partition coefficient (Wildman–Crippen LogP) is 1.93. The van der Waals surface area contributed by atoms with E-state index in [1.54, 1.807) is 4.31 Å². The Balaban J connectivity index is 2.22. The van der Waals surface area contributed by atoms with E-state index in [-0.39, 0.29) is 17.8 Å². The van der Waals surface area contributed by atoms with Crippen LogP contribution < -0.4 is 0 Å². The third kappa shape index (κ3) is 3.35. The molecule has 0 saturated carbocycles. The lowest BCUT2D eigenvalue weighted by atomic mass is 10.2. The van der Waals surface area contributed by atoms with Gasteiger partial charge in [-0.15, -0.1) is 0 Å². The highest BCUT2D eigenvalue weighted by Gasteiger charge is 2.35. The molecule has 19 heavy (non-hydrogen) atoms. The standard InChI is InChI=1S/C14H21NO3S/c1-11-5-4-6-14(7-11)10-19(16,17)15-12(2)8-18-9-13(15)3/h4-7,12-13H,8-10H2,1-3H3. The third-order valence-electron chi connectivity index (χ3n) is 3.34. The van der Waals surface area contributed by atoms with Gasteiger partial charge in [0.25, 0.3) is 0 Å². The molecule has 1 aliphatic heterocycles. The number of nitrogens with zero attached hydrogens (tertiary/aromatic N) is 1. The molecule has 1 aromatic rings. The molecule has 0 amide bonds. The van der Waals surface area contributed by atoms with E-state index >= 15 is 0 Å². The van der Waals surface area contributed by atoms with Crippen molar-refractivity contribution in [1.29, 1.82) is 0 Å². The van der Waals surface area contributed by atoms with Crippen LogP contribution in [0.15, 0.2) is 24.3 Å². The van der Waals surface area contributed by atoms with Crippen molar-refractivity contribution < 1.29 is 13.2 Å². The minimum atomic E-state index is -3.30. The minimum absolute atomic E-state index is 0.0589. The summed E-state index contributed by atoms with van der Waals surface area (Å²) in [4.78, 5) is 0. The third-order valence-corrected chi connectivity index (χ3v) is 5.40. The number of benzene rings is 1. The molecule has 2 unspecified atom stereocenters. The summed E-state index contributed by atoms with van der Waals surface area (Å²) in [6.45, 7) is 6.69. The van der Waals surface area contributed by atoms with Crippen molar-refractivity contribution >= 4 is 10.0 Å². The Morgan fingerprint density at radius 2 is 1.89 bits per heavy atom. The maximum Gasteiger partial charge on any atom is 0.218 e. The zero-order chi connectivity index (χ0) is 14.0. The monoisotopic (exact) mass is 283 g/mol. The second-order valence-electron chi connectivity index (χ2n) is 5.31. The summed E-state index contributed by atoms with van der Waals surface area (Å²) in [5, 5.41) is 0. The first-order valence-electron chi connectivity index (χ1n) is 6.54. The van der Waals surface area contributed by atoms with Gasteiger partial charge in [-0.1, -0.05) is 29.8 Å². The molecular formula is C14H21NO3S. The predicted molar refractivity (Wildman–Crippen MR) is 75.4 cm³/mol. The largest absolute Gasteiger partial charge is 0.378 e. The van der Waals surface area contributed by atoms with E-state index in [4.69, 9.17) is 4.74 Å². The summed E-state index contributed by atoms with van der Waals surface area (Å²) in [7, 11) is -3.30. The van der Waals surface area contributed by atoms with Crippen LogP contribution >= 0.6 is 0 Å². The van der Waals surface area contributed by atoms with Crippen molar-refractivity contribution in [2.75, 3.05) is 13.2 Å². The lowest BCUT2D eigenvalue weighted by Crippen LogP contribution is -2.52. The Labute approximate surface area is 115 Å². The lowest BCUT2D eigenvalue weighted by molar-refractivity contribution is 0.00629. The van der Waals surface area contributed by atoms with Gasteiger partial charge >= 0.3 is 0 Å². The Morgan fingerprint density at radius 1 is 1.26 bits per heavy atom. The first-order valence-corrected chi connectivity index (χ1v) is 8.15. The van der Waals surface area contributed by atoms with Crippen LogP contribution in [-0.4, -0.2) is 38.0 Å². The number of hydrogen-bond acceptors (Lipinski definition) is 3. The van der Waals surface area contributed by atoms with Crippen LogP contribution in [-0.2, 0) is 20.5 Å². The summed E-state index contributed by atoms with van der Waals surface area (Å²) in [6.07, 6.45) is 0. The van der Waals surface area contributed by atoms with Gasteiger partial charge in [0.15, 0.2) is 0 Å². The average Bonchev–Trinajstić information content (AvgIpc) is 2.27. The van der Waals surface area contributed by atoms with Crippen molar-refractivity contribution in [2.45, 2.75) is 38.6 Å². The van der Waals surface area contributed by atoms with Crippen LogP contribution in [0.1, 0.15) is 25.0 Å². The van der Waals surface area contributed by atoms with Gasteiger partial charge in [0.1, 0.15) is 0 Å². The number of hydrogen-bond donors (Lipinski definition) is 0. The zero-order valence-electron chi connectivity index (χ0n) is 11.7. The molecule has 106 valence electrons. The Bertz CT molecular complexity index is 531. The fraction of sp³-hybridized carbons (Fsp3) is 0.571. The Kier molecular flexibility index (Phi) is 4.28. The van der Waals surface area contributed by atoms with E-state index in [1.807, 2.05) is 45.0 Å². The molecule has 1 saturated heterocycles. The van der Waals surface area contributed by atoms with Gasteiger partial charge < -0.3 is 4.74 Å². The van der Waals surface area contributed by atoms with Gasteiger partial charge in [0, 0.05) is 12.1 Å². The summed E-state index contributed by atoms with van der Waals surface area (Å²) in [5.74, 6) is 0.0589. The van der Waals surface area contributed by atoms with Crippen molar-refractivity contribution in [2.24, 2.45) is 0 Å². The second-order valence-corrected chi connectivity index (χ2v) is 7.18. The van der Waals surface area contributed by atoms with Gasteiger partial charge in [-0.2, -0.15) is 4.31 Å². The van der Waals surface area contributed by atoms with Crippen LogP contribution in [0.4, 0.5) is 0 Å². The van der Waals surface area contributed by atoms with E-state index < -0.39 is 10.0 Å². The first-order chi connectivity index (χ1) is 8.90. The molecule has 0 aliphatic carbocycles. The van der Waals surface area contributed by atoms with Crippen LogP contribution in [0.5, 0.6) is 0 Å². The number of sulfonamides is 1. The summed E-state index contributed by atoms with van der Waals surface area (Å²) >= 11 is 0. The van der Waals surface area contributed by atoms with Crippen LogP contribution in [0.3, 0.4) is 0 Å². The second kappa shape index (κ2) is 5.61. The summed E-state index contributed by atoms with van der Waals surface area (Å²) < 4.78 is 32.1. The molecule has 1 aromatic carbocycles. The topological polar surface area (TPSA) is 46.6 Å². The van der Waals surface area contributed by atoms with Crippen molar-refractivity contribution in [3.63, 3.8) is 0 Å². The van der Waals surface area contributed by atoms with Crippen LogP contribution in [0.25, 0.3) is 0 Å². The van der Waals surface area contributed by atoms with E-state index in [9.17, 15) is 8.42 Å². The van der Waals surface area contributed by atoms with E-state index in [0.717, 1.165) is 11.1 Å². The molecule has 1 fully saturated rings. The summed E-state index contributed by atoms with van der Waals surface area (Å²) in [5.41, 5.74) is 1.92. The fourth-order valence-corrected chi connectivity index (χ4v) is 4.59. The normalized spacial score (nSPS) is 25.4. The highest BCUT2D eigenvalue weighted by Crippen LogP contribution is 2.21. The molecule has 0 N–H and O–H groups in total. The first kappa shape index (κ1) is 14.5. The van der Waals surface area contributed by atoms with Crippen molar-refractivity contribution in [3.8, 4) is 0 Å². The van der Waals surface area contributed by atoms with Crippen LogP contribution in [0.2, 0.25) is 0 Å². The molecule has 2 atom stereocenters. The number of rotatable bonds is 3. The van der Waals surface area contributed by atoms with E-state index in [0.29, 0.717) is 13.2 Å². The minimum Gasteiger partial charge on any atom is -0.378 e. The molecule has 0 spiro atoms. The maximum atomic E-state index is 12.6. The maximum absolute atomic E-state index is 12.6. The van der Waals surface area contributed by atoms with E-state index in [1.165, 1.54) is 0 Å². The van der Waals surface area contributed by atoms with Gasteiger partial charge in [-0.3, -0.25) is 0 Å². The zero-order valence-corrected chi connectivity index (χ0v) is 12.5. The molecule has 4 nitrogen and oxygen atoms in total. The van der Waals surface area contributed by atoms with Gasteiger partial charge in [-0.05, 0) is 26.3 Å². The van der Waals surface area contributed by atoms with Crippen LogP contribution in [0, 0.1) is 6.92 Å². The molecule has 0 bridgehead atoms. The average molecular weight is 283 g/mol. The Hall–Kier alpha value is -0.910. The smallest absolute Gasteiger partial charge is 0.218 e. The quantitative estimate of drug-likeness (QED) is 0.851. The SMILES string of the molecule is Cc1cccc(CS(=O)(=O)N2C(C)COCC2C)c1. The molecule has 5 heteroatoms. The molecule has 1 aliphatic rings. The number of aryl methyl sites for hydroxylation is 1. The Morgan fingerprint density at radius 3 is 2.47 bits per heavy atom. The number of morpholine rings is 1. The molecular weight excluding hydrogens is 262 g/mol.